The fraction of sp³-hybridized carbons (Fsp3) is 0.286. The van der Waals surface area contributed by atoms with E-state index in [1.165, 1.54) is 10.9 Å². The summed E-state index contributed by atoms with van der Waals surface area (Å²) >= 11 is 1.69. The number of hydrogen-bond acceptors (Lipinski definition) is 3. The predicted molar refractivity (Wildman–Crippen MR) is 72.3 cm³/mol. The van der Waals surface area contributed by atoms with Gasteiger partial charge < -0.3 is 10.4 Å². The van der Waals surface area contributed by atoms with Crippen molar-refractivity contribution in [1.29, 1.82) is 0 Å². The van der Waals surface area contributed by atoms with Gasteiger partial charge >= 0.3 is 0 Å². The van der Waals surface area contributed by atoms with E-state index in [0.717, 1.165) is 6.07 Å². The molecule has 4 heteroatoms. The van der Waals surface area contributed by atoms with Gasteiger partial charge in [0.25, 0.3) is 0 Å². The molecule has 0 bridgehead atoms. The molecule has 0 aliphatic rings. The Kier molecular flexibility index (Phi) is 3.99. The van der Waals surface area contributed by atoms with Gasteiger partial charge in [-0.25, -0.2) is 4.39 Å². The largest absolute Gasteiger partial charge is 0.508 e. The van der Waals surface area contributed by atoms with Gasteiger partial charge in [-0.15, -0.1) is 11.3 Å². The van der Waals surface area contributed by atoms with E-state index in [1.807, 2.05) is 18.4 Å². The maximum absolute atomic E-state index is 12.9. The van der Waals surface area contributed by atoms with Crippen LogP contribution in [-0.2, 0) is 0 Å². The van der Waals surface area contributed by atoms with Gasteiger partial charge in [0.05, 0.1) is 0 Å². The number of aromatic hydroxyl groups is 1. The van der Waals surface area contributed by atoms with Gasteiger partial charge in [-0.1, -0.05) is 12.1 Å². The molecule has 1 heterocycles. The van der Waals surface area contributed by atoms with Crippen LogP contribution in [0.25, 0.3) is 0 Å². The zero-order valence-electron chi connectivity index (χ0n) is 10.4. The van der Waals surface area contributed by atoms with Crippen molar-refractivity contribution in [2.24, 2.45) is 0 Å². The van der Waals surface area contributed by atoms with E-state index in [0.29, 0.717) is 5.56 Å². The Morgan fingerprint density at radius 2 is 2.00 bits per heavy atom. The lowest BCUT2D eigenvalue weighted by molar-refractivity contribution is 0.435. The molecule has 0 radical (unpaired) electrons. The first-order valence-corrected chi connectivity index (χ1v) is 6.73. The van der Waals surface area contributed by atoms with Gasteiger partial charge in [0, 0.05) is 28.6 Å². The maximum atomic E-state index is 12.9. The minimum atomic E-state index is -0.422. The Bertz CT molecular complexity index is 513. The smallest absolute Gasteiger partial charge is 0.126 e. The van der Waals surface area contributed by atoms with E-state index in [9.17, 15) is 9.50 Å². The molecule has 18 heavy (non-hydrogen) atoms. The Morgan fingerprint density at radius 1 is 1.22 bits per heavy atom. The standard InChI is InChI=1S/C14H16FNOS/c1-9(12-6-5-11(15)8-13(12)17)16-10(2)14-4-3-7-18-14/h3-10,16-17H,1-2H3. The highest BCUT2D eigenvalue weighted by molar-refractivity contribution is 7.10. The summed E-state index contributed by atoms with van der Waals surface area (Å²) in [5, 5.41) is 15.1. The molecule has 1 aromatic carbocycles. The second kappa shape index (κ2) is 5.50. The van der Waals surface area contributed by atoms with Crippen molar-refractivity contribution < 1.29 is 9.50 Å². The molecule has 0 aliphatic carbocycles. The molecule has 2 aromatic rings. The van der Waals surface area contributed by atoms with Crippen molar-refractivity contribution in [3.05, 3.63) is 52.0 Å². The summed E-state index contributed by atoms with van der Waals surface area (Å²) in [5.41, 5.74) is 0.708. The molecule has 2 atom stereocenters. The highest BCUT2D eigenvalue weighted by Gasteiger charge is 2.15. The number of thiophene rings is 1. The van der Waals surface area contributed by atoms with Crippen molar-refractivity contribution in [3.8, 4) is 5.75 Å². The summed E-state index contributed by atoms with van der Waals surface area (Å²) in [4.78, 5) is 1.24. The van der Waals surface area contributed by atoms with E-state index in [4.69, 9.17) is 0 Å². The molecule has 2 rings (SSSR count). The average molecular weight is 265 g/mol. The average Bonchev–Trinajstić information content (AvgIpc) is 2.81. The molecule has 2 unspecified atom stereocenters. The third-order valence-corrected chi connectivity index (χ3v) is 3.98. The van der Waals surface area contributed by atoms with Crippen molar-refractivity contribution in [2.75, 3.05) is 0 Å². The van der Waals surface area contributed by atoms with Gasteiger partial charge in [0.1, 0.15) is 11.6 Å². The first kappa shape index (κ1) is 13.1. The molecular weight excluding hydrogens is 249 g/mol. The van der Waals surface area contributed by atoms with Crippen LogP contribution in [0.4, 0.5) is 4.39 Å². The first-order chi connectivity index (χ1) is 8.58. The van der Waals surface area contributed by atoms with Crippen LogP contribution >= 0.6 is 11.3 Å². The van der Waals surface area contributed by atoms with Crippen LogP contribution in [0.2, 0.25) is 0 Å². The SMILES string of the molecule is CC(NC(C)c1ccc(F)cc1O)c1cccs1. The third kappa shape index (κ3) is 2.89. The van der Waals surface area contributed by atoms with E-state index in [1.54, 1.807) is 17.4 Å². The third-order valence-electron chi connectivity index (χ3n) is 2.93. The summed E-state index contributed by atoms with van der Waals surface area (Å²) < 4.78 is 12.9. The van der Waals surface area contributed by atoms with Crippen LogP contribution < -0.4 is 5.32 Å². The minimum Gasteiger partial charge on any atom is -0.508 e. The lowest BCUT2D eigenvalue weighted by Crippen LogP contribution is -2.21. The number of benzene rings is 1. The summed E-state index contributed by atoms with van der Waals surface area (Å²) in [6.07, 6.45) is 0. The van der Waals surface area contributed by atoms with Crippen LogP contribution in [0.15, 0.2) is 35.7 Å². The van der Waals surface area contributed by atoms with E-state index in [-0.39, 0.29) is 17.8 Å². The topological polar surface area (TPSA) is 32.3 Å². The van der Waals surface area contributed by atoms with Gasteiger partial charge in [-0.3, -0.25) is 0 Å². The molecule has 1 aromatic heterocycles. The van der Waals surface area contributed by atoms with Crippen LogP contribution in [-0.4, -0.2) is 5.11 Å². The van der Waals surface area contributed by atoms with Crippen molar-refractivity contribution >= 4 is 11.3 Å². The number of hydrogen-bond donors (Lipinski definition) is 2. The van der Waals surface area contributed by atoms with Crippen molar-refractivity contribution in [1.82, 2.24) is 5.32 Å². The summed E-state index contributed by atoms with van der Waals surface area (Å²) in [6, 6.07) is 8.36. The van der Waals surface area contributed by atoms with Crippen LogP contribution in [0.5, 0.6) is 5.75 Å². The van der Waals surface area contributed by atoms with E-state index >= 15 is 0 Å². The summed E-state index contributed by atoms with van der Waals surface area (Å²) in [6.45, 7) is 4.03. The Labute approximate surface area is 110 Å². The van der Waals surface area contributed by atoms with Gasteiger partial charge in [-0.2, -0.15) is 0 Å². The normalized spacial score (nSPS) is 14.4. The molecule has 0 spiro atoms. The number of rotatable bonds is 4. The first-order valence-electron chi connectivity index (χ1n) is 5.86. The number of phenolic OH excluding ortho intramolecular Hbond substituents is 1. The van der Waals surface area contributed by atoms with Gasteiger partial charge in [0.15, 0.2) is 0 Å². The zero-order valence-corrected chi connectivity index (χ0v) is 11.2. The molecule has 0 aliphatic heterocycles. The lowest BCUT2D eigenvalue weighted by Gasteiger charge is -2.20. The van der Waals surface area contributed by atoms with Gasteiger partial charge in [-0.05, 0) is 31.4 Å². The molecule has 2 nitrogen and oxygen atoms in total. The Balaban J connectivity index is 2.10. The number of phenols is 1. The predicted octanol–water partition coefficient (Wildman–Crippen LogP) is 4.00. The van der Waals surface area contributed by atoms with E-state index in [2.05, 4.69) is 18.3 Å². The Hall–Kier alpha value is -1.39. The Morgan fingerprint density at radius 3 is 2.61 bits per heavy atom. The highest BCUT2D eigenvalue weighted by atomic mass is 32.1. The molecular formula is C14H16FNOS. The number of halogens is 1. The maximum Gasteiger partial charge on any atom is 0.126 e. The minimum absolute atomic E-state index is 0.00613. The van der Waals surface area contributed by atoms with Crippen molar-refractivity contribution in [2.45, 2.75) is 25.9 Å². The monoisotopic (exact) mass is 265 g/mol. The fourth-order valence-corrected chi connectivity index (χ4v) is 2.71. The molecule has 0 fully saturated rings. The highest BCUT2D eigenvalue weighted by Crippen LogP contribution is 2.28. The second-order valence-corrected chi connectivity index (χ2v) is 5.31. The molecule has 96 valence electrons. The molecule has 2 N–H and O–H groups in total. The fourth-order valence-electron chi connectivity index (χ4n) is 1.97. The molecule has 0 saturated heterocycles. The van der Waals surface area contributed by atoms with Crippen LogP contribution in [0.3, 0.4) is 0 Å². The van der Waals surface area contributed by atoms with Crippen molar-refractivity contribution in [3.63, 3.8) is 0 Å². The summed E-state index contributed by atoms with van der Waals surface area (Å²) in [5.74, 6) is -0.428. The van der Waals surface area contributed by atoms with Crippen LogP contribution in [0, 0.1) is 5.82 Å². The second-order valence-electron chi connectivity index (χ2n) is 4.33. The molecule has 0 amide bonds. The molecule has 0 saturated carbocycles. The quantitative estimate of drug-likeness (QED) is 0.875. The zero-order chi connectivity index (χ0) is 13.1. The van der Waals surface area contributed by atoms with Crippen LogP contribution in [0.1, 0.15) is 36.4 Å². The number of nitrogens with one attached hydrogen (secondary N) is 1. The summed E-state index contributed by atoms with van der Waals surface area (Å²) in [7, 11) is 0. The van der Waals surface area contributed by atoms with Gasteiger partial charge in [0.2, 0.25) is 0 Å². The van der Waals surface area contributed by atoms with E-state index < -0.39 is 5.82 Å². The lowest BCUT2D eigenvalue weighted by atomic mass is 10.1.